The van der Waals surface area contributed by atoms with E-state index in [1.54, 1.807) is 6.92 Å². The highest BCUT2D eigenvalue weighted by molar-refractivity contribution is 6.74. The van der Waals surface area contributed by atoms with Crippen LogP contribution in [0.3, 0.4) is 0 Å². The summed E-state index contributed by atoms with van der Waals surface area (Å²) in [7, 11) is -2.02. The molecule has 0 amide bonds. The first-order valence-electron chi connectivity index (χ1n) is 9.50. The van der Waals surface area contributed by atoms with E-state index >= 15 is 0 Å². The molecular formula is C20H36O5Si. The number of carboxylic acid groups (broad SMARTS) is 1. The van der Waals surface area contributed by atoms with Gasteiger partial charge < -0.3 is 19.4 Å². The van der Waals surface area contributed by atoms with Crippen molar-refractivity contribution in [2.75, 3.05) is 0 Å². The Morgan fingerprint density at radius 2 is 2.00 bits per heavy atom. The van der Waals surface area contributed by atoms with Crippen LogP contribution in [0.1, 0.15) is 53.4 Å². The predicted molar refractivity (Wildman–Crippen MR) is 107 cm³/mol. The first-order valence-corrected chi connectivity index (χ1v) is 12.4. The van der Waals surface area contributed by atoms with Gasteiger partial charge in [0.1, 0.15) is 0 Å². The normalized spacial score (nSPS) is 25.6. The second-order valence-electron chi connectivity index (χ2n) is 8.67. The third kappa shape index (κ3) is 7.74. The molecule has 0 aromatic carbocycles. The van der Waals surface area contributed by atoms with Gasteiger partial charge in [-0.2, -0.15) is 0 Å². The Kier molecular flexibility index (Phi) is 8.73. The van der Waals surface area contributed by atoms with Gasteiger partial charge in [-0.25, -0.2) is 0 Å². The summed E-state index contributed by atoms with van der Waals surface area (Å²) in [5, 5.41) is 18.6. The number of carbonyl (C=O) groups is 1. The number of aliphatic hydroxyl groups is 1. The van der Waals surface area contributed by atoms with Crippen molar-refractivity contribution in [1.82, 2.24) is 0 Å². The number of aliphatic carboxylic acids is 1. The van der Waals surface area contributed by atoms with Crippen LogP contribution in [0.5, 0.6) is 0 Å². The summed E-state index contributed by atoms with van der Waals surface area (Å²) < 4.78 is 12.4. The summed E-state index contributed by atoms with van der Waals surface area (Å²) in [6.45, 7) is 12.6. The molecule has 0 aromatic heterocycles. The van der Waals surface area contributed by atoms with Crippen molar-refractivity contribution < 1.29 is 24.2 Å². The molecule has 1 rings (SSSR count). The average Bonchev–Trinajstić information content (AvgIpc) is 2.47. The Balaban J connectivity index is 2.74. The fraction of sp³-hybridized carbons (Fsp3) is 0.750. The minimum atomic E-state index is -2.02. The molecule has 0 spiro atoms. The van der Waals surface area contributed by atoms with Gasteiger partial charge in [-0.1, -0.05) is 45.1 Å². The lowest BCUT2D eigenvalue weighted by molar-refractivity contribution is -0.143. The predicted octanol–water partition coefficient (Wildman–Crippen LogP) is 4.28. The molecule has 0 saturated carbocycles. The molecule has 0 fully saturated rings. The van der Waals surface area contributed by atoms with Crippen LogP contribution in [0, 0.1) is 0 Å². The first kappa shape index (κ1) is 23.1. The van der Waals surface area contributed by atoms with Gasteiger partial charge in [-0.3, -0.25) is 4.79 Å². The van der Waals surface area contributed by atoms with E-state index in [1.165, 1.54) is 0 Å². The van der Waals surface area contributed by atoms with Crippen LogP contribution in [0.4, 0.5) is 0 Å². The Bertz CT molecular complexity index is 505. The Morgan fingerprint density at radius 3 is 2.54 bits per heavy atom. The summed E-state index contributed by atoms with van der Waals surface area (Å²) in [6.07, 6.45) is 9.06. The van der Waals surface area contributed by atoms with Gasteiger partial charge in [0.2, 0.25) is 0 Å². The van der Waals surface area contributed by atoms with E-state index in [-0.39, 0.29) is 29.8 Å². The van der Waals surface area contributed by atoms with Crippen LogP contribution >= 0.6 is 0 Å². The van der Waals surface area contributed by atoms with Gasteiger partial charge >= 0.3 is 5.97 Å². The van der Waals surface area contributed by atoms with Gasteiger partial charge in [-0.15, -0.1) is 0 Å². The summed E-state index contributed by atoms with van der Waals surface area (Å²) in [5.41, 5.74) is 0. The highest BCUT2D eigenvalue weighted by Gasteiger charge is 2.41. The SMILES string of the molecule is C[C@@H](O)CCC/C=C/[C@@H]1C=C[C@@H](O[Si](C)(C)C(C)(C)C)[C@@H](CC(=O)O)O1. The van der Waals surface area contributed by atoms with Crippen molar-refractivity contribution in [3.63, 3.8) is 0 Å². The molecular weight excluding hydrogens is 348 g/mol. The van der Waals surface area contributed by atoms with E-state index in [4.69, 9.17) is 9.16 Å². The average molecular weight is 385 g/mol. The zero-order chi connectivity index (χ0) is 20.0. The molecule has 6 heteroatoms. The minimum Gasteiger partial charge on any atom is -0.481 e. The number of unbranched alkanes of at least 4 members (excludes halogenated alkanes) is 1. The van der Waals surface area contributed by atoms with E-state index in [2.05, 4.69) is 33.9 Å². The van der Waals surface area contributed by atoms with Gasteiger partial charge in [0, 0.05) is 0 Å². The second-order valence-corrected chi connectivity index (χ2v) is 13.4. The van der Waals surface area contributed by atoms with E-state index in [0.29, 0.717) is 0 Å². The van der Waals surface area contributed by atoms with Gasteiger partial charge in [-0.05, 0) is 44.3 Å². The van der Waals surface area contributed by atoms with Crippen molar-refractivity contribution in [3.8, 4) is 0 Å². The summed E-state index contributed by atoms with van der Waals surface area (Å²) >= 11 is 0. The summed E-state index contributed by atoms with van der Waals surface area (Å²) in [6, 6.07) is 0. The van der Waals surface area contributed by atoms with Crippen molar-refractivity contribution in [1.29, 1.82) is 0 Å². The van der Waals surface area contributed by atoms with Crippen molar-refractivity contribution in [2.45, 2.75) is 95.9 Å². The maximum Gasteiger partial charge on any atom is 0.306 e. The minimum absolute atomic E-state index is 0.0508. The molecule has 1 aliphatic heterocycles. The quantitative estimate of drug-likeness (QED) is 0.352. The molecule has 0 unspecified atom stereocenters. The lowest BCUT2D eigenvalue weighted by Crippen LogP contribution is -2.49. The maximum atomic E-state index is 11.3. The van der Waals surface area contributed by atoms with Gasteiger partial charge in [0.25, 0.3) is 0 Å². The smallest absolute Gasteiger partial charge is 0.306 e. The third-order valence-corrected chi connectivity index (χ3v) is 9.59. The maximum absolute atomic E-state index is 11.3. The molecule has 0 aromatic rings. The van der Waals surface area contributed by atoms with Gasteiger partial charge in [0.15, 0.2) is 8.32 Å². The standard InChI is InChI=1S/C20H36O5Si/c1-15(21)10-8-7-9-11-16-12-13-17(18(24-16)14-19(22)23)25-26(5,6)20(2,3)4/h9,11-13,15-18,21H,7-8,10,14H2,1-6H3,(H,22,23)/b11-9+/t15-,16-,17-,18-/m1/s1. The number of allylic oxidation sites excluding steroid dienone is 1. The van der Waals surface area contributed by atoms with Crippen LogP contribution in [0.2, 0.25) is 18.1 Å². The molecule has 2 N–H and O–H groups in total. The lowest BCUT2D eigenvalue weighted by Gasteiger charge is -2.41. The first-order chi connectivity index (χ1) is 11.9. The Hall–Kier alpha value is -0.953. The molecule has 0 aliphatic carbocycles. The third-order valence-electron chi connectivity index (χ3n) is 5.12. The number of hydrogen-bond donors (Lipinski definition) is 2. The number of aliphatic hydroxyl groups excluding tert-OH is 1. The Labute approximate surface area is 159 Å². The molecule has 26 heavy (non-hydrogen) atoms. The van der Waals surface area contributed by atoms with Gasteiger partial charge in [0.05, 0.1) is 30.8 Å². The number of carboxylic acids is 1. The molecule has 0 bridgehead atoms. The van der Waals surface area contributed by atoms with E-state index in [1.807, 2.05) is 24.3 Å². The highest BCUT2D eigenvalue weighted by atomic mass is 28.4. The zero-order valence-electron chi connectivity index (χ0n) is 17.1. The molecule has 1 heterocycles. The van der Waals surface area contributed by atoms with E-state index in [9.17, 15) is 15.0 Å². The molecule has 4 atom stereocenters. The van der Waals surface area contributed by atoms with E-state index < -0.39 is 20.4 Å². The topological polar surface area (TPSA) is 76.0 Å². The van der Waals surface area contributed by atoms with Crippen molar-refractivity contribution in [2.24, 2.45) is 0 Å². The Morgan fingerprint density at radius 1 is 1.35 bits per heavy atom. The fourth-order valence-corrected chi connectivity index (χ4v) is 3.77. The van der Waals surface area contributed by atoms with Crippen molar-refractivity contribution >= 4 is 14.3 Å². The summed E-state index contributed by atoms with van der Waals surface area (Å²) in [4.78, 5) is 11.3. The highest BCUT2D eigenvalue weighted by Crippen LogP contribution is 2.38. The molecule has 0 radical (unpaired) electrons. The number of hydrogen-bond acceptors (Lipinski definition) is 4. The van der Waals surface area contributed by atoms with Crippen molar-refractivity contribution in [3.05, 3.63) is 24.3 Å². The zero-order valence-corrected chi connectivity index (χ0v) is 18.1. The molecule has 5 nitrogen and oxygen atoms in total. The van der Waals surface area contributed by atoms with E-state index in [0.717, 1.165) is 19.3 Å². The fourth-order valence-electron chi connectivity index (χ4n) is 2.51. The molecule has 150 valence electrons. The van der Waals surface area contributed by atoms with Crippen LogP contribution in [-0.4, -0.2) is 48.9 Å². The lowest BCUT2D eigenvalue weighted by atomic mass is 10.1. The summed E-state index contributed by atoms with van der Waals surface area (Å²) in [5.74, 6) is -0.881. The largest absolute Gasteiger partial charge is 0.481 e. The number of ether oxygens (including phenoxy) is 1. The monoisotopic (exact) mass is 384 g/mol. The molecule has 1 aliphatic rings. The molecule has 0 saturated heterocycles. The van der Waals surface area contributed by atoms with Crippen LogP contribution in [0.25, 0.3) is 0 Å². The van der Waals surface area contributed by atoms with Crippen LogP contribution in [0.15, 0.2) is 24.3 Å². The van der Waals surface area contributed by atoms with Crippen LogP contribution in [-0.2, 0) is 14.0 Å². The number of rotatable bonds is 9. The second kappa shape index (κ2) is 9.83. The van der Waals surface area contributed by atoms with Crippen LogP contribution < -0.4 is 0 Å².